The minimum absolute atomic E-state index is 0.246. The van der Waals surface area contributed by atoms with Crippen LogP contribution in [0, 0.1) is 0 Å². The fraction of sp³-hybridized carbons (Fsp3) is 0.143. The Labute approximate surface area is 167 Å². The van der Waals surface area contributed by atoms with Gasteiger partial charge in [-0.05, 0) is 35.7 Å². The molecule has 3 rings (SSSR count). The van der Waals surface area contributed by atoms with Gasteiger partial charge in [0.2, 0.25) is 0 Å². The third-order valence-corrected chi connectivity index (χ3v) is 4.68. The minimum atomic E-state index is -0.323. The maximum absolute atomic E-state index is 12.8. The van der Waals surface area contributed by atoms with E-state index >= 15 is 0 Å². The highest BCUT2D eigenvalue weighted by molar-refractivity contribution is 7.12. The molecule has 7 heteroatoms. The van der Waals surface area contributed by atoms with Crippen molar-refractivity contribution in [2.75, 3.05) is 31.0 Å². The van der Waals surface area contributed by atoms with E-state index in [4.69, 9.17) is 9.47 Å². The summed E-state index contributed by atoms with van der Waals surface area (Å²) in [6.45, 7) is 0.902. The molecule has 0 spiro atoms. The quantitative estimate of drug-likeness (QED) is 0.557. The van der Waals surface area contributed by atoms with Gasteiger partial charge in [0.1, 0.15) is 12.4 Å². The zero-order valence-electron chi connectivity index (χ0n) is 15.3. The van der Waals surface area contributed by atoms with Crippen molar-refractivity contribution < 1.29 is 19.1 Å². The van der Waals surface area contributed by atoms with Crippen LogP contribution in [-0.2, 0) is 4.74 Å². The van der Waals surface area contributed by atoms with E-state index < -0.39 is 0 Å². The van der Waals surface area contributed by atoms with Gasteiger partial charge < -0.3 is 20.1 Å². The average Bonchev–Trinajstić information content (AvgIpc) is 3.24. The molecule has 0 atom stereocenters. The molecule has 0 aliphatic rings. The van der Waals surface area contributed by atoms with Crippen LogP contribution >= 0.6 is 11.3 Å². The van der Waals surface area contributed by atoms with Gasteiger partial charge in [-0.2, -0.15) is 0 Å². The largest absolute Gasteiger partial charge is 0.491 e. The second-order valence-electron chi connectivity index (χ2n) is 5.80. The zero-order chi connectivity index (χ0) is 19.8. The lowest BCUT2D eigenvalue weighted by molar-refractivity contribution is 0.102. The first kappa shape index (κ1) is 19.6. The van der Waals surface area contributed by atoms with Crippen molar-refractivity contribution in [3.05, 3.63) is 76.5 Å². The lowest BCUT2D eigenvalue weighted by atomic mass is 10.1. The Balaban J connectivity index is 1.71. The average molecular weight is 396 g/mol. The first-order chi connectivity index (χ1) is 13.7. The van der Waals surface area contributed by atoms with Gasteiger partial charge >= 0.3 is 0 Å². The number of methoxy groups -OCH3 is 1. The number of amides is 2. The highest BCUT2D eigenvalue weighted by Gasteiger charge is 2.15. The van der Waals surface area contributed by atoms with Gasteiger partial charge in [-0.25, -0.2) is 0 Å². The van der Waals surface area contributed by atoms with Crippen molar-refractivity contribution in [3.63, 3.8) is 0 Å². The number of rotatable bonds is 8. The molecule has 0 saturated carbocycles. The molecule has 3 aromatic rings. The van der Waals surface area contributed by atoms with Crippen LogP contribution in [0.5, 0.6) is 5.75 Å². The Hall–Kier alpha value is -3.16. The van der Waals surface area contributed by atoms with E-state index in [0.29, 0.717) is 40.8 Å². The summed E-state index contributed by atoms with van der Waals surface area (Å²) in [7, 11) is 1.61. The summed E-state index contributed by atoms with van der Waals surface area (Å²) in [6, 6.07) is 17.5. The number of nitrogens with one attached hydrogen (secondary N) is 2. The van der Waals surface area contributed by atoms with Crippen molar-refractivity contribution in [1.82, 2.24) is 0 Å². The van der Waals surface area contributed by atoms with E-state index in [9.17, 15) is 9.59 Å². The summed E-state index contributed by atoms with van der Waals surface area (Å²) in [4.78, 5) is 25.7. The molecular formula is C21H20N2O4S. The van der Waals surface area contributed by atoms with Crippen LogP contribution in [0.1, 0.15) is 20.0 Å². The van der Waals surface area contributed by atoms with Gasteiger partial charge in [0.05, 0.1) is 22.7 Å². The van der Waals surface area contributed by atoms with Gasteiger partial charge in [-0.15, -0.1) is 11.3 Å². The Morgan fingerprint density at radius 2 is 1.79 bits per heavy atom. The maximum atomic E-state index is 12.8. The topological polar surface area (TPSA) is 76.7 Å². The third-order valence-electron chi connectivity index (χ3n) is 3.81. The molecule has 2 aromatic carbocycles. The van der Waals surface area contributed by atoms with Crippen LogP contribution in [0.4, 0.5) is 11.4 Å². The summed E-state index contributed by atoms with van der Waals surface area (Å²) in [5.74, 6) is 0.0639. The molecule has 0 saturated heterocycles. The standard InChI is InChI=1S/C21H20N2O4S/c1-26-11-12-27-16-7-4-6-15(14-16)22-20(24)17-8-2-3-9-18(17)23-21(25)19-10-5-13-28-19/h2-10,13-14H,11-12H2,1H3,(H,22,24)(H,23,25). The highest BCUT2D eigenvalue weighted by atomic mass is 32.1. The molecule has 144 valence electrons. The summed E-state index contributed by atoms with van der Waals surface area (Å²) in [6.07, 6.45) is 0. The van der Waals surface area contributed by atoms with Crippen molar-refractivity contribution in [2.45, 2.75) is 0 Å². The Morgan fingerprint density at radius 1 is 0.929 bits per heavy atom. The molecule has 0 fully saturated rings. The number of para-hydroxylation sites is 1. The molecule has 28 heavy (non-hydrogen) atoms. The Kier molecular flexibility index (Phi) is 6.78. The molecule has 0 unspecified atom stereocenters. The predicted octanol–water partition coefficient (Wildman–Crippen LogP) is 4.28. The van der Waals surface area contributed by atoms with Gasteiger partial charge in [0, 0.05) is 18.9 Å². The number of thiophene rings is 1. The van der Waals surface area contributed by atoms with Crippen LogP contribution in [0.3, 0.4) is 0 Å². The smallest absolute Gasteiger partial charge is 0.265 e. The van der Waals surface area contributed by atoms with Crippen LogP contribution in [-0.4, -0.2) is 32.1 Å². The van der Waals surface area contributed by atoms with E-state index in [-0.39, 0.29) is 11.8 Å². The van der Waals surface area contributed by atoms with Crippen molar-refractivity contribution >= 4 is 34.5 Å². The number of carbonyl (C=O) groups excluding carboxylic acids is 2. The molecule has 1 aromatic heterocycles. The number of carbonyl (C=O) groups is 2. The fourth-order valence-corrected chi connectivity index (χ4v) is 3.11. The Bertz CT molecular complexity index is 941. The fourth-order valence-electron chi connectivity index (χ4n) is 2.49. The van der Waals surface area contributed by atoms with Gasteiger partial charge in [0.15, 0.2) is 0 Å². The number of hydrogen-bond donors (Lipinski definition) is 2. The van der Waals surface area contributed by atoms with E-state index in [1.807, 2.05) is 5.38 Å². The molecule has 0 radical (unpaired) electrons. The van der Waals surface area contributed by atoms with Crippen molar-refractivity contribution in [3.8, 4) is 5.75 Å². The van der Waals surface area contributed by atoms with Gasteiger partial charge in [0.25, 0.3) is 11.8 Å². The summed E-state index contributed by atoms with van der Waals surface area (Å²) >= 11 is 1.34. The van der Waals surface area contributed by atoms with Crippen LogP contribution in [0.2, 0.25) is 0 Å². The number of ether oxygens (including phenoxy) is 2. The van der Waals surface area contributed by atoms with Crippen LogP contribution in [0.15, 0.2) is 66.0 Å². The normalized spacial score (nSPS) is 10.3. The van der Waals surface area contributed by atoms with E-state index in [2.05, 4.69) is 10.6 Å². The summed E-state index contributed by atoms with van der Waals surface area (Å²) in [5, 5.41) is 7.46. The first-order valence-corrected chi connectivity index (χ1v) is 9.52. The minimum Gasteiger partial charge on any atom is -0.491 e. The van der Waals surface area contributed by atoms with E-state index in [0.717, 1.165) is 0 Å². The first-order valence-electron chi connectivity index (χ1n) is 8.64. The van der Waals surface area contributed by atoms with Crippen LogP contribution in [0.25, 0.3) is 0 Å². The highest BCUT2D eigenvalue weighted by Crippen LogP contribution is 2.21. The lowest BCUT2D eigenvalue weighted by Gasteiger charge is -2.12. The molecule has 2 N–H and O–H groups in total. The summed E-state index contributed by atoms with van der Waals surface area (Å²) in [5.41, 5.74) is 1.42. The van der Waals surface area contributed by atoms with Crippen LogP contribution < -0.4 is 15.4 Å². The molecule has 6 nitrogen and oxygen atoms in total. The SMILES string of the molecule is COCCOc1cccc(NC(=O)c2ccccc2NC(=O)c2cccs2)c1. The molecular weight excluding hydrogens is 376 g/mol. The Morgan fingerprint density at radius 3 is 2.57 bits per heavy atom. The molecule has 0 aliphatic carbocycles. The molecule has 0 aliphatic heterocycles. The van der Waals surface area contributed by atoms with Crippen molar-refractivity contribution in [1.29, 1.82) is 0 Å². The van der Waals surface area contributed by atoms with E-state index in [1.54, 1.807) is 67.8 Å². The molecule has 2 amide bonds. The maximum Gasteiger partial charge on any atom is 0.265 e. The monoisotopic (exact) mass is 396 g/mol. The van der Waals surface area contributed by atoms with Crippen molar-refractivity contribution in [2.24, 2.45) is 0 Å². The zero-order valence-corrected chi connectivity index (χ0v) is 16.1. The third kappa shape index (κ3) is 5.18. The summed E-state index contributed by atoms with van der Waals surface area (Å²) < 4.78 is 10.5. The molecule has 0 bridgehead atoms. The number of benzene rings is 2. The van der Waals surface area contributed by atoms with Gasteiger partial charge in [-0.3, -0.25) is 9.59 Å². The second-order valence-corrected chi connectivity index (χ2v) is 6.75. The van der Waals surface area contributed by atoms with E-state index in [1.165, 1.54) is 11.3 Å². The number of hydrogen-bond acceptors (Lipinski definition) is 5. The molecule has 1 heterocycles. The predicted molar refractivity (Wildman–Crippen MR) is 110 cm³/mol. The lowest BCUT2D eigenvalue weighted by Crippen LogP contribution is -2.17. The van der Waals surface area contributed by atoms with Gasteiger partial charge in [-0.1, -0.05) is 24.3 Å². The second kappa shape index (κ2) is 9.68. The number of anilines is 2.